The summed E-state index contributed by atoms with van der Waals surface area (Å²) in [6.07, 6.45) is -0.0877. The number of carboxylic acid groups (broad SMARTS) is 1. The Morgan fingerprint density at radius 1 is 1.14 bits per heavy atom. The number of hydrogen-bond donors (Lipinski definition) is 2. The lowest BCUT2D eigenvalue weighted by atomic mass is 9.74. The number of fused-ring (bicyclic) bond motifs is 4. The molecule has 8 heteroatoms. The van der Waals surface area contributed by atoms with Gasteiger partial charge in [-0.15, -0.1) is 0 Å². The van der Waals surface area contributed by atoms with Gasteiger partial charge in [0.05, 0.1) is 12.0 Å². The molecule has 0 bridgehead atoms. The van der Waals surface area contributed by atoms with Crippen molar-refractivity contribution in [2.45, 2.75) is 31.7 Å². The van der Waals surface area contributed by atoms with E-state index in [1.807, 2.05) is 24.3 Å². The van der Waals surface area contributed by atoms with Gasteiger partial charge in [0.25, 0.3) is 0 Å². The summed E-state index contributed by atoms with van der Waals surface area (Å²) in [5, 5.41) is 12.6. The summed E-state index contributed by atoms with van der Waals surface area (Å²) in [6, 6.07) is 15.8. The monoisotopic (exact) mass is 478 g/mol. The van der Waals surface area contributed by atoms with Crippen molar-refractivity contribution >= 4 is 18.0 Å². The van der Waals surface area contributed by atoms with Crippen molar-refractivity contribution in [1.82, 2.24) is 10.2 Å². The molecular formula is C27H30N2O6. The maximum Gasteiger partial charge on any atom is 0.407 e. The van der Waals surface area contributed by atoms with E-state index in [4.69, 9.17) is 9.47 Å². The number of likely N-dealkylation sites (tertiary alicyclic amines) is 1. The number of amides is 2. The first-order valence-electron chi connectivity index (χ1n) is 12.1. The number of alkyl carbamates (subject to hydrolysis) is 1. The van der Waals surface area contributed by atoms with Gasteiger partial charge in [0.1, 0.15) is 6.61 Å². The van der Waals surface area contributed by atoms with E-state index in [-0.39, 0.29) is 37.3 Å². The summed E-state index contributed by atoms with van der Waals surface area (Å²) in [6.45, 7) is 3.25. The zero-order valence-electron chi connectivity index (χ0n) is 19.7. The predicted molar refractivity (Wildman–Crippen MR) is 128 cm³/mol. The van der Waals surface area contributed by atoms with E-state index >= 15 is 0 Å². The number of nitrogens with zero attached hydrogens (tertiary/aromatic N) is 1. The Hall–Kier alpha value is -3.39. The molecule has 3 atom stereocenters. The zero-order chi connectivity index (χ0) is 24.6. The SMILES string of the molecule is C[C@@H](CC(=O)N1C[C@@H]2COCC[C@]2(C(=O)O)C1)NC(=O)OCC1c2ccccc2-c2ccccc21. The van der Waals surface area contributed by atoms with Gasteiger partial charge in [0.15, 0.2) is 0 Å². The van der Waals surface area contributed by atoms with Crippen LogP contribution >= 0.6 is 0 Å². The Morgan fingerprint density at radius 3 is 2.43 bits per heavy atom. The summed E-state index contributed by atoms with van der Waals surface area (Å²) in [5.41, 5.74) is 3.66. The third-order valence-electron chi connectivity index (χ3n) is 7.67. The Morgan fingerprint density at radius 2 is 1.80 bits per heavy atom. The lowest BCUT2D eigenvalue weighted by Gasteiger charge is -2.33. The summed E-state index contributed by atoms with van der Waals surface area (Å²) in [5.74, 6) is -1.28. The van der Waals surface area contributed by atoms with Crippen molar-refractivity contribution in [1.29, 1.82) is 0 Å². The van der Waals surface area contributed by atoms with Crippen LogP contribution in [0.1, 0.15) is 36.8 Å². The zero-order valence-corrected chi connectivity index (χ0v) is 19.7. The minimum absolute atomic E-state index is 0.0348. The standard InChI is InChI=1S/C27H30N2O6/c1-17(12-24(30)29-13-18-14-34-11-10-27(18,16-29)25(31)32)28-26(33)35-15-23-21-8-4-2-6-19(21)20-7-3-5-9-22(20)23/h2-9,17-18,23H,10-16H2,1H3,(H,28,33)(H,31,32)/t17-,18+,27-/m0/s1. The van der Waals surface area contributed by atoms with Crippen molar-refractivity contribution in [2.75, 3.05) is 32.9 Å². The van der Waals surface area contributed by atoms with Gasteiger partial charge < -0.3 is 24.8 Å². The number of carboxylic acids is 1. The first kappa shape index (κ1) is 23.4. The lowest BCUT2D eigenvalue weighted by molar-refractivity contribution is -0.157. The molecule has 1 aliphatic carbocycles. The van der Waals surface area contributed by atoms with Crippen LogP contribution in [0, 0.1) is 11.3 Å². The maximum atomic E-state index is 12.9. The van der Waals surface area contributed by atoms with Crippen molar-refractivity contribution in [2.24, 2.45) is 11.3 Å². The minimum Gasteiger partial charge on any atom is -0.481 e. The van der Waals surface area contributed by atoms with Gasteiger partial charge >= 0.3 is 12.1 Å². The van der Waals surface area contributed by atoms with E-state index < -0.39 is 23.5 Å². The number of hydrogen-bond acceptors (Lipinski definition) is 5. The Labute approximate surface area is 204 Å². The minimum atomic E-state index is -0.933. The van der Waals surface area contributed by atoms with Crippen molar-refractivity contribution in [3.05, 3.63) is 59.7 Å². The molecular weight excluding hydrogens is 448 g/mol. The number of carbonyl (C=O) groups is 3. The van der Waals surface area contributed by atoms with Crippen molar-refractivity contribution in [3.63, 3.8) is 0 Å². The van der Waals surface area contributed by atoms with Crippen LogP contribution in [0.2, 0.25) is 0 Å². The van der Waals surface area contributed by atoms with E-state index in [2.05, 4.69) is 29.6 Å². The second-order valence-corrected chi connectivity index (χ2v) is 9.83. The largest absolute Gasteiger partial charge is 0.481 e. The normalized spacial score (nSPS) is 23.7. The predicted octanol–water partition coefficient (Wildman–Crippen LogP) is 3.25. The van der Waals surface area contributed by atoms with Gasteiger partial charge in [-0.05, 0) is 35.6 Å². The molecule has 2 N–H and O–H groups in total. The maximum absolute atomic E-state index is 12.9. The van der Waals surface area contributed by atoms with Crippen LogP contribution in [0.15, 0.2) is 48.5 Å². The molecule has 0 spiro atoms. The number of aliphatic carboxylic acids is 1. The number of rotatable bonds is 6. The van der Waals surface area contributed by atoms with E-state index in [1.54, 1.807) is 11.8 Å². The van der Waals surface area contributed by atoms with E-state index in [0.29, 0.717) is 26.2 Å². The molecule has 2 aliphatic heterocycles. The van der Waals surface area contributed by atoms with Crippen LogP contribution in [-0.4, -0.2) is 66.9 Å². The average molecular weight is 479 g/mol. The molecule has 0 radical (unpaired) electrons. The molecule has 2 saturated heterocycles. The fraction of sp³-hybridized carbons (Fsp3) is 0.444. The average Bonchev–Trinajstić information content (AvgIpc) is 3.40. The Bertz CT molecular complexity index is 1100. The molecule has 2 amide bonds. The van der Waals surface area contributed by atoms with Gasteiger partial charge in [-0.3, -0.25) is 9.59 Å². The number of benzene rings is 2. The summed E-state index contributed by atoms with van der Waals surface area (Å²) < 4.78 is 11.0. The highest BCUT2D eigenvalue weighted by Crippen LogP contribution is 2.45. The highest BCUT2D eigenvalue weighted by atomic mass is 16.5. The van der Waals surface area contributed by atoms with E-state index in [9.17, 15) is 19.5 Å². The van der Waals surface area contributed by atoms with Gasteiger partial charge in [0, 0.05) is 44.0 Å². The van der Waals surface area contributed by atoms with Gasteiger partial charge in [0.2, 0.25) is 5.91 Å². The summed E-state index contributed by atoms with van der Waals surface area (Å²) >= 11 is 0. The number of ether oxygens (including phenoxy) is 2. The second kappa shape index (κ2) is 9.34. The molecule has 8 nitrogen and oxygen atoms in total. The fourth-order valence-electron chi connectivity index (χ4n) is 5.77. The second-order valence-electron chi connectivity index (χ2n) is 9.83. The van der Waals surface area contributed by atoms with Crippen LogP contribution in [-0.2, 0) is 19.1 Å². The summed E-state index contributed by atoms with van der Waals surface area (Å²) in [4.78, 5) is 39.0. The van der Waals surface area contributed by atoms with E-state index in [0.717, 1.165) is 22.3 Å². The van der Waals surface area contributed by atoms with Crippen LogP contribution in [0.25, 0.3) is 11.1 Å². The van der Waals surface area contributed by atoms with Crippen molar-refractivity contribution in [3.8, 4) is 11.1 Å². The molecule has 2 aromatic carbocycles. The highest BCUT2D eigenvalue weighted by Gasteiger charge is 2.54. The third-order valence-corrected chi connectivity index (χ3v) is 7.67. The van der Waals surface area contributed by atoms with Crippen LogP contribution in [0.4, 0.5) is 4.79 Å². The molecule has 0 saturated carbocycles. The first-order valence-corrected chi connectivity index (χ1v) is 12.1. The van der Waals surface area contributed by atoms with Gasteiger partial charge in [-0.2, -0.15) is 0 Å². The third kappa shape index (κ3) is 4.27. The molecule has 5 rings (SSSR count). The fourth-order valence-corrected chi connectivity index (χ4v) is 5.77. The Kier molecular flexibility index (Phi) is 6.23. The smallest absolute Gasteiger partial charge is 0.407 e. The summed E-state index contributed by atoms with van der Waals surface area (Å²) in [7, 11) is 0. The molecule has 35 heavy (non-hydrogen) atoms. The quantitative estimate of drug-likeness (QED) is 0.660. The molecule has 0 unspecified atom stereocenters. The molecule has 2 aromatic rings. The molecule has 0 aromatic heterocycles. The molecule has 2 fully saturated rings. The van der Waals surface area contributed by atoms with Crippen LogP contribution < -0.4 is 5.32 Å². The van der Waals surface area contributed by atoms with Crippen molar-refractivity contribution < 1.29 is 29.0 Å². The molecule has 184 valence electrons. The lowest BCUT2D eigenvalue weighted by Crippen LogP contribution is -2.45. The van der Waals surface area contributed by atoms with Crippen LogP contribution in [0.5, 0.6) is 0 Å². The number of carbonyl (C=O) groups excluding carboxylic acids is 2. The van der Waals surface area contributed by atoms with Gasteiger partial charge in [-0.1, -0.05) is 48.5 Å². The Balaban J connectivity index is 1.15. The highest BCUT2D eigenvalue weighted by molar-refractivity contribution is 5.82. The van der Waals surface area contributed by atoms with Crippen LogP contribution in [0.3, 0.4) is 0 Å². The van der Waals surface area contributed by atoms with Gasteiger partial charge in [-0.25, -0.2) is 4.79 Å². The van der Waals surface area contributed by atoms with E-state index in [1.165, 1.54) is 0 Å². The molecule has 3 aliphatic rings. The topological polar surface area (TPSA) is 105 Å². The molecule has 2 heterocycles. The number of nitrogens with one attached hydrogen (secondary N) is 1. The first-order chi connectivity index (χ1) is 16.9.